The fourth-order valence-corrected chi connectivity index (χ4v) is 0.774. The molecule has 0 spiro atoms. The fourth-order valence-electron chi connectivity index (χ4n) is 0.774. The minimum absolute atomic E-state index is 0.397. The monoisotopic (exact) mass is 165 g/mol. The molecule has 0 radical (unpaired) electrons. The van der Waals surface area contributed by atoms with Crippen molar-refractivity contribution in [2.75, 3.05) is 12.8 Å². The second-order valence-electron chi connectivity index (χ2n) is 2.24. The van der Waals surface area contributed by atoms with E-state index in [4.69, 9.17) is 5.73 Å². The first-order valence-corrected chi connectivity index (χ1v) is 3.52. The Kier molecular flexibility index (Phi) is 2.57. The number of nitrogen functional groups attached to an aromatic ring is 1. The normalized spacial score (nSPS) is 10.5. The SMILES string of the molecule is CN/C=N\c1c(C)ncnc1N. The van der Waals surface area contributed by atoms with Crippen LogP contribution in [0.2, 0.25) is 0 Å². The van der Waals surface area contributed by atoms with E-state index in [0.29, 0.717) is 11.5 Å². The van der Waals surface area contributed by atoms with Gasteiger partial charge in [0.2, 0.25) is 0 Å². The van der Waals surface area contributed by atoms with Crippen molar-refractivity contribution in [1.29, 1.82) is 0 Å². The molecule has 5 heteroatoms. The predicted molar refractivity (Wildman–Crippen MR) is 48.4 cm³/mol. The van der Waals surface area contributed by atoms with Gasteiger partial charge in [-0.1, -0.05) is 0 Å². The Labute approximate surface area is 70.8 Å². The molecule has 3 N–H and O–H groups in total. The first-order chi connectivity index (χ1) is 5.75. The highest BCUT2D eigenvalue weighted by atomic mass is 15.0. The van der Waals surface area contributed by atoms with Gasteiger partial charge in [-0.15, -0.1) is 0 Å². The molecule has 1 rings (SSSR count). The minimum atomic E-state index is 0.397. The molecule has 0 saturated heterocycles. The Bertz CT molecular complexity index is 274. The van der Waals surface area contributed by atoms with Crippen LogP contribution in [0.3, 0.4) is 0 Å². The van der Waals surface area contributed by atoms with Crippen molar-refractivity contribution in [2.24, 2.45) is 4.99 Å². The molecule has 0 bridgehead atoms. The zero-order valence-corrected chi connectivity index (χ0v) is 7.07. The number of nitrogens with one attached hydrogen (secondary N) is 1. The summed E-state index contributed by atoms with van der Waals surface area (Å²) in [6.45, 7) is 1.83. The van der Waals surface area contributed by atoms with E-state index in [9.17, 15) is 0 Å². The molecule has 0 aliphatic rings. The lowest BCUT2D eigenvalue weighted by Crippen LogP contribution is -2.01. The Morgan fingerprint density at radius 2 is 2.33 bits per heavy atom. The summed E-state index contributed by atoms with van der Waals surface area (Å²) in [6, 6.07) is 0. The second-order valence-corrected chi connectivity index (χ2v) is 2.24. The fraction of sp³-hybridized carbons (Fsp3) is 0.286. The number of anilines is 1. The summed E-state index contributed by atoms with van der Waals surface area (Å²) in [4.78, 5) is 11.8. The summed E-state index contributed by atoms with van der Waals surface area (Å²) >= 11 is 0. The molecule has 0 unspecified atom stereocenters. The molecule has 0 saturated carbocycles. The molecule has 5 nitrogen and oxygen atoms in total. The molecule has 1 aromatic heterocycles. The van der Waals surface area contributed by atoms with Crippen molar-refractivity contribution in [1.82, 2.24) is 15.3 Å². The topological polar surface area (TPSA) is 76.2 Å². The molecule has 0 aromatic carbocycles. The average molecular weight is 165 g/mol. The number of nitrogens with zero attached hydrogens (tertiary/aromatic N) is 3. The number of aliphatic imine (C=N–C) groups is 1. The van der Waals surface area contributed by atoms with Crippen LogP contribution in [0.25, 0.3) is 0 Å². The molecular weight excluding hydrogens is 154 g/mol. The zero-order chi connectivity index (χ0) is 8.97. The van der Waals surface area contributed by atoms with Gasteiger partial charge >= 0.3 is 0 Å². The third-order valence-corrected chi connectivity index (χ3v) is 1.36. The number of hydrogen-bond acceptors (Lipinski definition) is 4. The lowest BCUT2D eigenvalue weighted by Gasteiger charge is -2.00. The quantitative estimate of drug-likeness (QED) is 0.486. The van der Waals surface area contributed by atoms with Crippen molar-refractivity contribution in [3.63, 3.8) is 0 Å². The highest BCUT2D eigenvalue weighted by Crippen LogP contribution is 2.20. The van der Waals surface area contributed by atoms with Crippen LogP contribution in [0.15, 0.2) is 11.3 Å². The molecular formula is C7H11N5. The van der Waals surface area contributed by atoms with E-state index in [1.54, 1.807) is 13.4 Å². The lowest BCUT2D eigenvalue weighted by molar-refractivity contribution is 1.10. The predicted octanol–water partition coefficient (Wildman–Crippen LogP) is 0.246. The van der Waals surface area contributed by atoms with Crippen LogP contribution >= 0.6 is 0 Å². The number of hydrogen-bond donors (Lipinski definition) is 2. The summed E-state index contributed by atoms with van der Waals surface area (Å²) in [7, 11) is 1.76. The summed E-state index contributed by atoms with van der Waals surface area (Å²) in [5, 5.41) is 2.77. The van der Waals surface area contributed by atoms with Crippen LogP contribution in [0, 0.1) is 6.92 Å². The molecule has 1 aromatic rings. The van der Waals surface area contributed by atoms with E-state index in [1.807, 2.05) is 6.92 Å². The van der Waals surface area contributed by atoms with Gasteiger partial charge in [-0.05, 0) is 6.92 Å². The molecule has 0 aliphatic carbocycles. The van der Waals surface area contributed by atoms with E-state index < -0.39 is 0 Å². The van der Waals surface area contributed by atoms with E-state index in [-0.39, 0.29) is 0 Å². The smallest absolute Gasteiger partial charge is 0.153 e. The van der Waals surface area contributed by atoms with Crippen LogP contribution in [0.1, 0.15) is 5.69 Å². The van der Waals surface area contributed by atoms with Gasteiger partial charge in [0.25, 0.3) is 0 Å². The van der Waals surface area contributed by atoms with Crippen LogP contribution < -0.4 is 11.1 Å². The Morgan fingerprint density at radius 3 is 2.92 bits per heavy atom. The van der Waals surface area contributed by atoms with Crippen LogP contribution in [-0.4, -0.2) is 23.4 Å². The van der Waals surface area contributed by atoms with Crippen molar-refractivity contribution in [3.05, 3.63) is 12.0 Å². The van der Waals surface area contributed by atoms with E-state index in [2.05, 4.69) is 20.3 Å². The molecule has 12 heavy (non-hydrogen) atoms. The van der Waals surface area contributed by atoms with Gasteiger partial charge in [-0.3, -0.25) is 0 Å². The first kappa shape index (κ1) is 8.45. The van der Waals surface area contributed by atoms with Crippen molar-refractivity contribution < 1.29 is 0 Å². The van der Waals surface area contributed by atoms with Crippen molar-refractivity contribution in [3.8, 4) is 0 Å². The zero-order valence-electron chi connectivity index (χ0n) is 7.07. The second kappa shape index (κ2) is 3.66. The van der Waals surface area contributed by atoms with Crippen molar-refractivity contribution >= 4 is 17.8 Å². The molecule has 0 fully saturated rings. The third-order valence-electron chi connectivity index (χ3n) is 1.36. The average Bonchev–Trinajstić information content (AvgIpc) is 2.04. The Balaban J connectivity index is 3.04. The lowest BCUT2D eigenvalue weighted by atomic mass is 10.3. The standard InChI is InChI=1S/C7H11N5/c1-5-6(11-3-9-2)7(8)12-4-10-5/h3-4H,1-2H3,(H,9,11)(H2,8,10,12). The van der Waals surface area contributed by atoms with Gasteiger partial charge in [-0.25, -0.2) is 15.0 Å². The molecule has 0 atom stereocenters. The maximum atomic E-state index is 5.57. The molecule has 0 amide bonds. The molecule has 1 heterocycles. The maximum absolute atomic E-state index is 5.57. The maximum Gasteiger partial charge on any atom is 0.153 e. The highest BCUT2D eigenvalue weighted by Gasteiger charge is 2.01. The third kappa shape index (κ3) is 1.69. The summed E-state index contributed by atoms with van der Waals surface area (Å²) in [5.74, 6) is 0.397. The Hall–Kier alpha value is -1.65. The highest BCUT2D eigenvalue weighted by molar-refractivity contribution is 5.68. The number of nitrogens with two attached hydrogens (primary N) is 1. The molecule has 0 aliphatic heterocycles. The minimum Gasteiger partial charge on any atom is -0.382 e. The van der Waals surface area contributed by atoms with Gasteiger partial charge in [0, 0.05) is 7.05 Å². The number of aromatic nitrogens is 2. The summed E-state index contributed by atoms with van der Waals surface area (Å²) in [5.41, 5.74) is 6.96. The van der Waals surface area contributed by atoms with E-state index >= 15 is 0 Å². The largest absolute Gasteiger partial charge is 0.382 e. The summed E-state index contributed by atoms with van der Waals surface area (Å²) in [6.07, 6.45) is 2.96. The number of aryl methyl sites for hydroxylation is 1. The van der Waals surface area contributed by atoms with Gasteiger partial charge < -0.3 is 11.1 Å². The Morgan fingerprint density at radius 1 is 1.58 bits per heavy atom. The molecule has 64 valence electrons. The van der Waals surface area contributed by atoms with E-state index in [1.165, 1.54) is 6.33 Å². The van der Waals surface area contributed by atoms with E-state index in [0.717, 1.165) is 5.69 Å². The van der Waals surface area contributed by atoms with Gasteiger partial charge in [-0.2, -0.15) is 0 Å². The van der Waals surface area contributed by atoms with Crippen LogP contribution in [0.5, 0.6) is 0 Å². The van der Waals surface area contributed by atoms with Crippen LogP contribution in [-0.2, 0) is 0 Å². The van der Waals surface area contributed by atoms with Gasteiger partial charge in [0.1, 0.15) is 12.0 Å². The van der Waals surface area contributed by atoms with Gasteiger partial charge in [0.15, 0.2) is 5.82 Å². The summed E-state index contributed by atoms with van der Waals surface area (Å²) < 4.78 is 0. The van der Waals surface area contributed by atoms with Crippen molar-refractivity contribution in [2.45, 2.75) is 6.92 Å². The number of rotatable bonds is 2. The van der Waals surface area contributed by atoms with Crippen LogP contribution in [0.4, 0.5) is 11.5 Å². The van der Waals surface area contributed by atoms with Gasteiger partial charge in [0.05, 0.1) is 12.0 Å². The first-order valence-electron chi connectivity index (χ1n) is 3.52.